The molecule has 5 nitrogen and oxygen atoms in total. The summed E-state index contributed by atoms with van der Waals surface area (Å²) in [7, 11) is 0. The lowest BCUT2D eigenvalue weighted by molar-refractivity contribution is -0.0733. The molecule has 19 heavy (non-hydrogen) atoms. The van der Waals surface area contributed by atoms with Crippen LogP contribution >= 0.6 is 0 Å². The Hall–Kier alpha value is -1.17. The summed E-state index contributed by atoms with van der Waals surface area (Å²) in [6.07, 6.45) is 3.45. The number of aryl methyl sites for hydroxylation is 1. The first-order valence-corrected chi connectivity index (χ1v) is 6.86. The molecule has 0 aliphatic carbocycles. The van der Waals surface area contributed by atoms with Gasteiger partial charge >= 0.3 is 0 Å². The van der Waals surface area contributed by atoms with E-state index in [-0.39, 0.29) is 11.6 Å². The summed E-state index contributed by atoms with van der Waals surface area (Å²) >= 11 is 0. The Balaban J connectivity index is 3.26. The first-order valence-electron chi connectivity index (χ1n) is 6.86. The first kappa shape index (κ1) is 15.9. The highest BCUT2D eigenvalue weighted by Gasteiger charge is 2.38. The predicted molar refractivity (Wildman–Crippen MR) is 78.4 cm³/mol. The molecule has 0 amide bonds. The summed E-state index contributed by atoms with van der Waals surface area (Å²) in [6.45, 7) is 8.82. The van der Waals surface area contributed by atoms with Crippen molar-refractivity contribution < 1.29 is 4.74 Å². The van der Waals surface area contributed by atoms with Gasteiger partial charge < -0.3 is 10.5 Å². The molecular formula is C14H26N4O. The Bertz CT molecular complexity index is 404. The molecule has 5 heteroatoms. The van der Waals surface area contributed by atoms with Crippen LogP contribution in [0.3, 0.4) is 0 Å². The molecule has 1 aromatic rings. The van der Waals surface area contributed by atoms with Crippen molar-refractivity contribution in [2.45, 2.75) is 52.2 Å². The Morgan fingerprint density at radius 3 is 2.47 bits per heavy atom. The maximum absolute atomic E-state index is 6.01. The highest BCUT2D eigenvalue weighted by atomic mass is 16.5. The molecule has 0 saturated carbocycles. The lowest BCUT2D eigenvalue weighted by Gasteiger charge is -2.39. The van der Waals surface area contributed by atoms with Gasteiger partial charge in [-0.15, -0.1) is 0 Å². The number of hydrogen-bond acceptors (Lipinski definition) is 5. The number of nitrogens with two attached hydrogens (primary N) is 2. The second kappa shape index (κ2) is 6.84. The second-order valence-corrected chi connectivity index (χ2v) is 4.79. The fourth-order valence-corrected chi connectivity index (χ4v) is 2.59. The number of ether oxygens (including phenoxy) is 1. The van der Waals surface area contributed by atoms with E-state index in [0.717, 1.165) is 24.0 Å². The van der Waals surface area contributed by atoms with Crippen LogP contribution in [0, 0.1) is 6.92 Å². The highest BCUT2D eigenvalue weighted by Crippen LogP contribution is 2.36. The topological polar surface area (TPSA) is 86.2 Å². The van der Waals surface area contributed by atoms with E-state index < -0.39 is 0 Å². The van der Waals surface area contributed by atoms with Crippen LogP contribution in [0.5, 0.6) is 0 Å². The van der Waals surface area contributed by atoms with E-state index in [0.29, 0.717) is 12.4 Å². The van der Waals surface area contributed by atoms with E-state index in [1.54, 1.807) is 6.20 Å². The van der Waals surface area contributed by atoms with Crippen LogP contribution in [0.15, 0.2) is 12.3 Å². The minimum Gasteiger partial charge on any atom is -0.383 e. The molecule has 0 bridgehead atoms. The molecule has 1 unspecified atom stereocenters. The normalized spacial score (nSPS) is 13.5. The number of hydrogen-bond donors (Lipinski definition) is 3. The molecule has 0 radical (unpaired) electrons. The summed E-state index contributed by atoms with van der Waals surface area (Å²) in [5.74, 6) is 6.28. The van der Waals surface area contributed by atoms with Crippen LogP contribution in [-0.4, -0.2) is 17.2 Å². The third-order valence-electron chi connectivity index (χ3n) is 3.72. The number of pyridine rings is 1. The third kappa shape index (κ3) is 3.23. The Morgan fingerprint density at radius 1 is 1.37 bits per heavy atom. The standard InChI is InChI=1S/C14H26N4O/c1-5-14(6-2,19-7-3)12(18-16)11-8-10(4)9-17-13(11)15/h8-9,12,18H,5-7,16H2,1-4H3,(H2,15,17). The smallest absolute Gasteiger partial charge is 0.128 e. The maximum Gasteiger partial charge on any atom is 0.128 e. The number of nitrogens with one attached hydrogen (secondary N) is 1. The van der Waals surface area contributed by atoms with Crippen LogP contribution in [0.25, 0.3) is 0 Å². The van der Waals surface area contributed by atoms with Gasteiger partial charge in [0.15, 0.2) is 0 Å². The molecule has 0 aliphatic rings. The van der Waals surface area contributed by atoms with Crippen molar-refractivity contribution in [2.24, 2.45) is 5.84 Å². The Morgan fingerprint density at radius 2 is 2.00 bits per heavy atom. The van der Waals surface area contributed by atoms with Crippen LogP contribution in [0.4, 0.5) is 5.82 Å². The van der Waals surface area contributed by atoms with E-state index in [4.69, 9.17) is 16.3 Å². The van der Waals surface area contributed by atoms with E-state index in [1.165, 1.54) is 0 Å². The zero-order chi connectivity index (χ0) is 14.5. The third-order valence-corrected chi connectivity index (χ3v) is 3.72. The van der Waals surface area contributed by atoms with E-state index in [1.807, 2.05) is 19.9 Å². The minimum absolute atomic E-state index is 0.171. The molecular weight excluding hydrogens is 240 g/mol. The van der Waals surface area contributed by atoms with Gasteiger partial charge in [-0.05, 0) is 38.3 Å². The molecule has 1 rings (SSSR count). The lowest BCUT2D eigenvalue weighted by Crippen LogP contribution is -2.48. The quantitative estimate of drug-likeness (QED) is 0.519. The number of aromatic nitrogens is 1. The fourth-order valence-electron chi connectivity index (χ4n) is 2.59. The molecule has 1 heterocycles. The van der Waals surface area contributed by atoms with E-state index in [2.05, 4.69) is 24.3 Å². The van der Waals surface area contributed by atoms with Crippen molar-refractivity contribution in [3.05, 3.63) is 23.4 Å². The Kier molecular flexibility index (Phi) is 5.72. The molecule has 0 saturated heterocycles. The summed E-state index contributed by atoms with van der Waals surface area (Å²) in [4.78, 5) is 4.22. The maximum atomic E-state index is 6.01. The second-order valence-electron chi connectivity index (χ2n) is 4.79. The van der Waals surface area contributed by atoms with Gasteiger partial charge in [0.1, 0.15) is 5.82 Å². The van der Waals surface area contributed by atoms with Crippen molar-refractivity contribution in [2.75, 3.05) is 12.3 Å². The average Bonchev–Trinajstić information content (AvgIpc) is 2.42. The summed E-state index contributed by atoms with van der Waals surface area (Å²) in [6, 6.07) is 1.85. The van der Waals surface area contributed by atoms with Gasteiger partial charge in [-0.2, -0.15) is 0 Å². The van der Waals surface area contributed by atoms with Crippen molar-refractivity contribution in [3.8, 4) is 0 Å². The van der Waals surface area contributed by atoms with Gasteiger partial charge in [-0.3, -0.25) is 5.84 Å². The van der Waals surface area contributed by atoms with Gasteiger partial charge in [0, 0.05) is 18.4 Å². The average molecular weight is 266 g/mol. The molecule has 5 N–H and O–H groups in total. The minimum atomic E-state index is -0.368. The number of nitrogen functional groups attached to an aromatic ring is 1. The van der Waals surface area contributed by atoms with Crippen LogP contribution in [-0.2, 0) is 4.74 Å². The molecule has 108 valence electrons. The van der Waals surface area contributed by atoms with Crippen LogP contribution in [0.1, 0.15) is 50.8 Å². The number of nitrogens with zero attached hydrogens (tertiary/aromatic N) is 1. The molecule has 0 fully saturated rings. The van der Waals surface area contributed by atoms with E-state index >= 15 is 0 Å². The highest BCUT2D eigenvalue weighted by molar-refractivity contribution is 5.44. The van der Waals surface area contributed by atoms with Gasteiger partial charge in [0.25, 0.3) is 0 Å². The van der Waals surface area contributed by atoms with Crippen LogP contribution in [0.2, 0.25) is 0 Å². The first-order chi connectivity index (χ1) is 9.04. The Labute approximate surface area is 115 Å². The summed E-state index contributed by atoms with van der Waals surface area (Å²) in [5, 5.41) is 0. The number of anilines is 1. The molecule has 1 atom stereocenters. The van der Waals surface area contributed by atoms with Crippen molar-refractivity contribution in [3.63, 3.8) is 0 Å². The van der Waals surface area contributed by atoms with Crippen molar-refractivity contribution in [1.82, 2.24) is 10.4 Å². The summed E-state index contributed by atoms with van der Waals surface area (Å²) < 4.78 is 6.00. The van der Waals surface area contributed by atoms with Gasteiger partial charge in [-0.1, -0.05) is 13.8 Å². The molecule has 0 aromatic carbocycles. The molecule has 0 aliphatic heterocycles. The van der Waals surface area contributed by atoms with Crippen LogP contribution < -0.4 is 17.0 Å². The monoisotopic (exact) mass is 266 g/mol. The predicted octanol–water partition coefficient (Wildman–Crippen LogP) is 2.07. The van der Waals surface area contributed by atoms with Gasteiger partial charge in [-0.25, -0.2) is 10.4 Å². The summed E-state index contributed by atoms with van der Waals surface area (Å²) in [5.41, 5.74) is 10.5. The number of hydrazine groups is 1. The lowest BCUT2D eigenvalue weighted by atomic mass is 9.84. The largest absolute Gasteiger partial charge is 0.383 e. The number of rotatable bonds is 7. The fraction of sp³-hybridized carbons (Fsp3) is 0.643. The van der Waals surface area contributed by atoms with Crippen molar-refractivity contribution >= 4 is 5.82 Å². The van der Waals surface area contributed by atoms with Gasteiger partial charge in [0.05, 0.1) is 11.6 Å². The van der Waals surface area contributed by atoms with E-state index in [9.17, 15) is 0 Å². The van der Waals surface area contributed by atoms with Gasteiger partial charge in [0.2, 0.25) is 0 Å². The molecule has 0 spiro atoms. The molecule has 1 aromatic heterocycles. The SMILES string of the molecule is CCOC(CC)(CC)C(NN)c1cc(C)cnc1N. The zero-order valence-electron chi connectivity index (χ0n) is 12.4. The zero-order valence-corrected chi connectivity index (χ0v) is 12.4. The van der Waals surface area contributed by atoms with Crippen molar-refractivity contribution in [1.29, 1.82) is 0 Å².